The highest BCUT2D eigenvalue weighted by Crippen LogP contribution is 2.24. The Hall–Kier alpha value is -1.01. The quantitative estimate of drug-likeness (QED) is 0.738. The minimum atomic E-state index is -4.27. The van der Waals surface area contributed by atoms with Crippen LogP contribution in [0.2, 0.25) is 0 Å². The second-order valence-corrected chi connectivity index (χ2v) is 4.83. The Labute approximate surface area is 117 Å². The molecule has 1 rings (SSSR count). The molecule has 1 atom stereocenters. The number of halogens is 3. The molecule has 0 aromatic carbocycles. The van der Waals surface area contributed by atoms with Crippen molar-refractivity contribution in [3.63, 3.8) is 0 Å². The molecule has 0 amide bonds. The van der Waals surface area contributed by atoms with Gasteiger partial charge in [0.1, 0.15) is 18.1 Å². The SMILES string of the molecule is CCCNC(CCOCC(F)(F)F)c1cc(C)oc1C. The first-order valence-electron chi connectivity index (χ1n) is 6.78. The maximum absolute atomic E-state index is 12.0. The number of alkyl halides is 3. The zero-order chi connectivity index (χ0) is 15.2. The number of aryl methyl sites for hydroxylation is 2. The molecule has 0 saturated carbocycles. The maximum Gasteiger partial charge on any atom is 0.411 e. The summed E-state index contributed by atoms with van der Waals surface area (Å²) >= 11 is 0. The molecule has 0 radical (unpaired) electrons. The van der Waals surface area contributed by atoms with Crippen molar-refractivity contribution < 1.29 is 22.3 Å². The summed E-state index contributed by atoms with van der Waals surface area (Å²) < 4.78 is 46.2. The first-order valence-corrected chi connectivity index (χ1v) is 6.78. The molecule has 0 fully saturated rings. The third-order valence-electron chi connectivity index (χ3n) is 2.91. The molecule has 0 bridgehead atoms. The normalized spacial score (nSPS) is 13.7. The molecule has 1 heterocycles. The molecule has 0 aliphatic heterocycles. The maximum atomic E-state index is 12.0. The average Bonchev–Trinajstić information content (AvgIpc) is 2.66. The van der Waals surface area contributed by atoms with Crippen LogP contribution < -0.4 is 5.32 Å². The van der Waals surface area contributed by atoms with Crippen molar-refractivity contribution in [2.75, 3.05) is 19.8 Å². The number of hydrogen-bond acceptors (Lipinski definition) is 3. The van der Waals surface area contributed by atoms with E-state index in [9.17, 15) is 13.2 Å². The largest absolute Gasteiger partial charge is 0.466 e. The van der Waals surface area contributed by atoms with E-state index in [2.05, 4.69) is 10.1 Å². The lowest BCUT2D eigenvalue weighted by atomic mass is 10.0. The molecule has 6 heteroatoms. The topological polar surface area (TPSA) is 34.4 Å². The molecular formula is C14H22F3NO2. The van der Waals surface area contributed by atoms with Gasteiger partial charge in [-0.15, -0.1) is 0 Å². The Morgan fingerprint density at radius 3 is 2.55 bits per heavy atom. The minimum Gasteiger partial charge on any atom is -0.466 e. The molecule has 0 spiro atoms. The van der Waals surface area contributed by atoms with Crippen molar-refractivity contribution >= 4 is 0 Å². The Morgan fingerprint density at radius 1 is 1.35 bits per heavy atom. The molecule has 0 aliphatic carbocycles. The number of furan rings is 1. The van der Waals surface area contributed by atoms with Crippen LogP contribution in [0.1, 0.15) is 42.9 Å². The summed E-state index contributed by atoms with van der Waals surface area (Å²) in [6.07, 6.45) is -2.83. The van der Waals surface area contributed by atoms with Crippen LogP contribution in [0.5, 0.6) is 0 Å². The molecule has 1 aromatic rings. The van der Waals surface area contributed by atoms with Crippen LogP contribution in [0.15, 0.2) is 10.5 Å². The van der Waals surface area contributed by atoms with Crippen molar-refractivity contribution in [2.24, 2.45) is 0 Å². The van der Waals surface area contributed by atoms with Gasteiger partial charge in [0.25, 0.3) is 0 Å². The van der Waals surface area contributed by atoms with Crippen LogP contribution in [0.25, 0.3) is 0 Å². The van der Waals surface area contributed by atoms with E-state index < -0.39 is 12.8 Å². The Balaban J connectivity index is 2.54. The Bertz CT molecular complexity index is 402. The van der Waals surface area contributed by atoms with Crippen LogP contribution in [0, 0.1) is 13.8 Å². The summed E-state index contributed by atoms with van der Waals surface area (Å²) in [6.45, 7) is 5.42. The predicted octanol–water partition coefficient (Wildman–Crippen LogP) is 3.91. The van der Waals surface area contributed by atoms with Crippen molar-refractivity contribution in [2.45, 2.75) is 45.8 Å². The molecule has 0 saturated heterocycles. The second-order valence-electron chi connectivity index (χ2n) is 4.83. The van der Waals surface area contributed by atoms with Crippen LogP contribution in [-0.4, -0.2) is 25.9 Å². The summed E-state index contributed by atoms with van der Waals surface area (Å²) in [7, 11) is 0. The van der Waals surface area contributed by atoms with E-state index in [-0.39, 0.29) is 12.6 Å². The average molecular weight is 293 g/mol. The van der Waals surface area contributed by atoms with Crippen LogP contribution in [0.4, 0.5) is 13.2 Å². The molecule has 116 valence electrons. The molecule has 1 N–H and O–H groups in total. The molecule has 1 unspecified atom stereocenters. The van der Waals surface area contributed by atoms with Gasteiger partial charge in [-0.1, -0.05) is 6.92 Å². The molecule has 20 heavy (non-hydrogen) atoms. The highest BCUT2D eigenvalue weighted by molar-refractivity contribution is 5.24. The minimum absolute atomic E-state index is 0.0411. The van der Waals surface area contributed by atoms with Crippen molar-refractivity contribution in [3.05, 3.63) is 23.2 Å². The van der Waals surface area contributed by atoms with Crippen LogP contribution >= 0.6 is 0 Å². The van der Waals surface area contributed by atoms with Gasteiger partial charge in [0.15, 0.2) is 0 Å². The van der Waals surface area contributed by atoms with Gasteiger partial charge in [-0.2, -0.15) is 13.2 Å². The Morgan fingerprint density at radius 2 is 2.05 bits per heavy atom. The van der Waals surface area contributed by atoms with Gasteiger partial charge in [0.2, 0.25) is 0 Å². The van der Waals surface area contributed by atoms with E-state index in [1.54, 1.807) is 0 Å². The van der Waals surface area contributed by atoms with Gasteiger partial charge >= 0.3 is 6.18 Å². The van der Waals surface area contributed by atoms with Crippen molar-refractivity contribution in [3.8, 4) is 0 Å². The zero-order valence-corrected chi connectivity index (χ0v) is 12.1. The fourth-order valence-electron chi connectivity index (χ4n) is 2.07. The van der Waals surface area contributed by atoms with Gasteiger partial charge in [-0.25, -0.2) is 0 Å². The first kappa shape index (κ1) is 17.0. The molecule has 1 aromatic heterocycles. The standard InChI is InChI=1S/C14H22F3NO2/c1-4-6-18-13(5-7-19-9-14(15,16)17)12-8-10(2)20-11(12)3/h8,13,18H,4-7,9H2,1-3H3. The highest BCUT2D eigenvalue weighted by atomic mass is 19.4. The van der Waals surface area contributed by atoms with Gasteiger partial charge in [-0.3, -0.25) is 0 Å². The lowest BCUT2D eigenvalue weighted by Crippen LogP contribution is -2.25. The molecular weight excluding hydrogens is 271 g/mol. The van der Waals surface area contributed by atoms with E-state index in [1.165, 1.54) is 0 Å². The van der Waals surface area contributed by atoms with E-state index in [0.717, 1.165) is 30.0 Å². The van der Waals surface area contributed by atoms with Gasteiger partial charge < -0.3 is 14.5 Å². The number of rotatable bonds is 8. The van der Waals surface area contributed by atoms with Gasteiger partial charge in [-0.05, 0) is 39.3 Å². The van der Waals surface area contributed by atoms with Crippen LogP contribution in [-0.2, 0) is 4.74 Å². The summed E-state index contributed by atoms with van der Waals surface area (Å²) in [5.74, 6) is 1.60. The van der Waals surface area contributed by atoms with Gasteiger partial charge in [0.05, 0.1) is 0 Å². The third kappa shape index (κ3) is 5.96. The highest BCUT2D eigenvalue weighted by Gasteiger charge is 2.27. The van der Waals surface area contributed by atoms with Crippen molar-refractivity contribution in [1.29, 1.82) is 0 Å². The smallest absolute Gasteiger partial charge is 0.411 e. The van der Waals surface area contributed by atoms with E-state index >= 15 is 0 Å². The van der Waals surface area contributed by atoms with E-state index in [1.807, 2.05) is 26.8 Å². The summed E-state index contributed by atoms with van der Waals surface area (Å²) in [5, 5.41) is 3.32. The van der Waals surface area contributed by atoms with Gasteiger partial charge in [0, 0.05) is 18.2 Å². The summed E-state index contributed by atoms with van der Waals surface area (Å²) in [4.78, 5) is 0. The third-order valence-corrected chi connectivity index (χ3v) is 2.91. The summed E-state index contributed by atoms with van der Waals surface area (Å²) in [6, 6.07) is 1.88. The fourth-order valence-corrected chi connectivity index (χ4v) is 2.07. The lowest BCUT2D eigenvalue weighted by Gasteiger charge is -2.18. The fraction of sp³-hybridized carbons (Fsp3) is 0.714. The van der Waals surface area contributed by atoms with E-state index in [0.29, 0.717) is 6.42 Å². The molecule has 0 aliphatic rings. The van der Waals surface area contributed by atoms with Crippen LogP contribution in [0.3, 0.4) is 0 Å². The Kier molecular flexibility index (Phi) is 6.55. The van der Waals surface area contributed by atoms with E-state index in [4.69, 9.17) is 4.42 Å². The first-order chi connectivity index (χ1) is 9.33. The predicted molar refractivity (Wildman–Crippen MR) is 70.7 cm³/mol. The number of hydrogen-bond donors (Lipinski definition) is 1. The summed E-state index contributed by atoms with van der Waals surface area (Å²) in [5.41, 5.74) is 0.992. The second kappa shape index (κ2) is 7.69. The zero-order valence-electron chi connectivity index (χ0n) is 12.1. The number of nitrogens with one attached hydrogen (secondary N) is 1. The van der Waals surface area contributed by atoms with Crippen molar-refractivity contribution in [1.82, 2.24) is 5.32 Å². The number of ether oxygens (including phenoxy) is 1. The monoisotopic (exact) mass is 293 g/mol. The molecule has 3 nitrogen and oxygen atoms in total. The lowest BCUT2D eigenvalue weighted by molar-refractivity contribution is -0.174.